The zero-order chi connectivity index (χ0) is 16.0. The lowest BCUT2D eigenvalue weighted by atomic mass is 9.79. The Balaban J connectivity index is 0.00000264. The second kappa shape index (κ2) is 9.15. The molecule has 1 aromatic carbocycles. The van der Waals surface area contributed by atoms with E-state index in [9.17, 15) is 0 Å². The minimum absolute atomic E-state index is 0. The molecule has 2 rings (SSSR count). The van der Waals surface area contributed by atoms with Crippen LogP contribution in [-0.2, 0) is 5.41 Å². The summed E-state index contributed by atoms with van der Waals surface area (Å²) in [6.45, 7) is 7.21. The van der Waals surface area contributed by atoms with Crippen molar-refractivity contribution >= 4 is 29.9 Å². The van der Waals surface area contributed by atoms with Crippen molar-refractivity contribution < 1.29 is 4.74 Å². The molecule has 128 valence electrons. The number of benzene rings is 1. The third kappa shape index (κ3) is 5.41. The molecule has 3 N–H and O–H groups in total. The summed E-state index contributed by atoms with van der Waals surface area (Å²) < 4.78 is 5.37. The third-order valence-corrected chi connectivity index (χ3v) is 4.37. The minimum atomic E-state index is 0. The van der Waals surface area contributed by atoms with Crippen LogP contribution < -0.4 is 15.8 Å². The lowest BCUT2D eigenvalue weighted by Crippen LogP contribution is -2.35. The fraction of sp³-hybridized carbons (Fsp3) is 0.500. The largest absolute Gasteiger partial charge is 0.497 e. The molecule has 0 atom stereocenters. The van der Waals surface area contributed by atoms with Crippen LogP contribution in [0, 0.1) is 0 Å². The number of halogens is 1. The highest BCUT2D eigenvalue weighted by Gasteiger charge is 2.35. The number of methoxy groups -OCH3 is 1. The summed E-state index contributed by atoms with van der Waals surface area (Å²) in [6.07, 6.45) is 4.78. The van der Waals surface area contributed by atoms with E-state index in [4.69, 9.17) is 10.5 Å². The summed E-state index contributed by atoms with van der Waals surface area (Å²) in [5, 5.41) is 3.10. The first-order chi connectivity index (χ1) is 10.6. The van der Waals surface area contributed by atoms with Crippen molar-refractivity contribution in [1.29, 1.82) is 0 Å². The van der Waals surface area contributed by atoms with Gasteiger partial charge in [-0.05, 0) is 37.5 Å². The van der Waals surface area contributed by atoms with Gasteiger partial charge < -0.3 is 15.8 Å². The monoisotopic (exact) mass is 429 g/mol. The maximum Gasteiger partial charge on any atom is 0.188 e. The van der Waals surface area contributed by atoms with E-state index in [1.54, 1.807) is 7.11 Å². The molecule has 1 aliphatic carbocycles. The van der Waals surface area contributed by atoms with Crippen LogP contribution in [0.1, 0.15) is 38.2 Å². The molecule has 0 saturated heterocycles. The molecule has 5 heteroatoms. The number of guanidine groups is 1. The first-order valence-electron chi connectivity index (χ1n) is 7.88. The number of nitrogens with one attached hydrogen (secondary N) is 1. The Hall–Kier alpha value is -1.24. The van der Waals surface area contributed by atoms with Gasteiger partial charge in [0.2, 0.25) is 0 Å². The van der Waals surface area contributed by atoms with Crippen molar-refractivity contribution in [3.63, 3.8) is 0 Å². The number of hydrogen-bond donors (Lipinski definition) is 2. The number of rotatable bonds is 6. The molecule has 1 saturated carbocycles. The molecule has 0 unspecified atom stereocenters. The Morgan fingerprint density at radius 3 is 2.70 bits per heavy atom. The number of ether oxygens (including phenoxy) is 1. The Kier molecular flexibility index (Phi) is 7.88. The van der Waals surface area contributed by atoms with Crippen LogP contribution in [0.3, 0.4) is 0 Å². The van der Waals surface area contributed by atoms with E-state index >= 15 is 0 Å². The van der Waals surface area contributed by atoms with Crippen LogP contribution in [0.15, 0.2) is 41.4 Å². The molecule has 1 aromatic rings. The quantitative estimate of drug-likeness (QED) is 0.315. The summed E-state index contributed by atoms with van der Waals surface area (Å²) >= 11 is 0. The molecule has 0 radical (unpaired) electrons. The van der Waals surface area contributed by atoms with Crippen molar-refractivity contribution in [3.8, 4) is 5.75 Å². The van der Waals surface area contributed by atoms with Gasteiger partial charge in [0.25, 0.3) is 0 Å². The Bertz CT molecular complexity index is 551. The first kappa shape index (κ1) is 19.8. The van der Waals surface area contributed by atoms with Crippen LogP contribution in [-0.4, -0.2) is 26.2 Å². The molecule has 0 aliphatic heterocycles. The predicted molar refractivity (Wildman–Crippen MR) is 108 cm³/mol. The van der Waals surface area contributed by atoms with Crippen LogP contribution in [0.5, 0.6) is 5.75 Å². The molecule has 23 heavy (non-hydrogen) atoms. The van der Waals surface area contributed by atoms with Crippen LogP contribution >= 0.6 is 24.0 Å². The normalized spacial score (nSPS) is 16.5. The number of nitrogens with zero attached hydrogens (tertiary/aromatic N) is 1. The predicted octanol–water partition coefficient (Wildman–Crippen LogP) is 3.61. The van der Waals surface area contributed by atoms with Crippen molar-refractivity contribution in [3.05, 3.63) is 42.0 Å². The molecule has 1 aliphatic rings. The number of nitrogens with two attached hydrogens (primary N) is 1. The molecule has 0 amide bonds. The fourth-order valence-electron chi connectivity index (χ4n) is 3.08. The zero-order valence-electron chi connectivity index (χ0n) is 14.1. The van der Waals surface area contributed by atoms with Gasteiger partial charge in [-0.2, -0.15) is 0 Å². The van der Waals surface area contributed by atoms with E-state index in [-0.39, 0.29) is 29.4 Å². The lowest BCUT2D eigenvalue weighted by molar-refractivity contribution is 0.408. The van der Waals surface area contributed by atoms with Crippen molar-refractivity contribution in [1.82, 2.24) is 5.32 Å². The average molecular weight is 429 g/mol. The van der Waals surface area contributed by atoms with Crippen molar-refractivity contribution in [2.45, 2.75) is 38.0 Å². The van der Waals surface area contributed by atoms with Gasteiger partial charge in [-0.15, -0.1) is 24.0 Å². The van der Waals surface area contributed by atoms with Crippen molar-refractivity contribution in [2.24, 2.45) is 10.7 Å². The summed E-state index contributed by atoms with van der Waals surface area (Å²) in [4.78, 5) is 4.58. The molecule has 0 bridgehead atoms. The van der Waals surface area contributed by atoms with Crippen LogP contribution in [0.4, 0.5) is 0 Å². The molecular formula is C18H28IN3O. The van der Waals surface area contributed by atoms with Gasteiger partial charge >= 0.3 is 0 Å². The van der Waals surface area contributed by atoms with Gasteiger partial charge in [-0.3, -0.25) is 4.99 Å². The van der Waals surface area contributed by atoms with E-state index in [1.165, 1.54) is 18.4 Å². The van der Waals surface area contributed by atoms with Crippen LogP contribution in [0.25, 0.3) is 0 Å². The van der Waals surface area contributed by atoms with E-state index in [2.05, 4.69) is 35.1 Å². The standard InChI is InChI=1S/C18H27N3O.HI/c1-14(2)12-20-17(19)21-13-18(9-4-5-10-18)15-7-6-8-16(11-15)22-3;/h6-8,11H,1,4-5,9-10,12-13H2,2-3H3,(H3,19,20,21);1H. The topological polar surface area (TPSA) is 59.6 Å². The van der Waals surface area contributed by atoms with Gasteiger partial charge in [-0.1, -0.05) is 37.1 Å². The van der Waals surface area contributed by atoms with Gasteiger partial charge in [0.1, 0.15) is 5.75 Å². The average Bonchev–Trinajstić information content (AvgIpc) is 3.01. The third-order valence-electron chi connectivity index (χ3n) is 4.37. The molecule has 0 aromatic heterocycles. The second-order valence-electron chi connectivity index (χ2n) is 6.23. The summed E-state index contributed by atoms with van der Waals surface area (Å²) in [5.41, 5.74) is 8.40. The smallest absolute Gasteiger partial charge is 0.188 e. The molecule has 1 fully saturated rings. The molecule has 0 spiro atoms. The maximum atomic E-state index is 5.97. The van der Waals surface area contributed by atoms with Crippen molar-refractivity contribution in [2.75, 3.05) is 20.2 Å². The van der Waals surface area contributed by atoms with Gasteiger partial charge in [0.15, 0.2) is 5.96 Å². The molecule has 0 heterocycles. The molecule has 4 nitrogen and oxygen atoms in total. The highest BCUT2D eigenvalue weighted by Crippen LogP contribution is 2.42. The molecular weight excluding hydrogens is 401 g/mol. The van der Waals surface area contributed by atoms with E-state index in [0.717, 1.165) is 30.7 Å². The van der Waals surface area contributed by atoms with E-state index < -0.39 is 0 Å². The Morgan fingerprint density at radius 2 is 2.09 bits per heavy atom. The number of hydrogen-bond acceptors (Lipinski definition) is 2. The highest BCUT2D eigenvalue weighted by atomic mass is 127. The zero-order valence-corrected chi connectivity index (χ0v) is 16.4. The summed E-state index contributed by atoms with van der Waals surface area (Å²) in [6, 6.07) is 8.36. The van der Waals surface area contributed by atoms with Gasteiger partial charge in [0.05, 0.1) is 13.7 Å². The summed E-state index contributed by atoms with van der Waals surface area (Å²) in [5.74, 6) is 1.40. The highest BCUT2D eigenvalue weighted by molar-refractivity contribution is 14.0. The van der Waals surface area contributed by atoms with Gasteiger partial charge in [-0.25, -0.2) is 0 Å². The SMILES string of the molecule is C=C(C)CNC(N)=NCC1(c2cccc(OC)c2)CCCC1.I. The van der Waals surface area contributed by atoms with Crippen LogP contribution in [0.2, 0.25) is 0 Å². The lowest BCUT2D eigenvalue weighted by Gasteiger charge is -2.28. The van der Waals surface area contributed by atoms with E-state index in [1.807, 2.05) is 13.0 Å². The van der Waals surface area contributed by atoms with E-state index in [0.29, 0.717) is 12.5 Å². The first-order valence-corrected chi connectivity index (χ1v) is 7.88. The minimum Gasteiger partial charge on any atom is -0.497 e. The summed E-state index contributed by atoms with van der Waals surface area (Å²) in [7, 11) is 1.71. The maximum absolute atomic E-state index is 5.97. The number of aliphatic imine (C=N–C) groups is 1. The van der Waals surface area contributed by atoms with Gasteiger partial charge in [0, 0.05) is 12.0 Å². The Morgan fingerprint density at radius 1 is 1.39 bits per heavy atom. The second-order valence-corrected chi connectivity index (χ2v) is 6.23. The Labute approximate surface area is 156 Å². The fourth-order valence-corrected chi connectivity index (χ4v) is 3.08.